The summed E-state index contributed by atoms with van der Waals surface area (Å²) >= 11 is 0. The van der Waals surface area contributed by atoms with Gasteiger partial charge in [-0.2, -0.15) is 0 Å². The van der Waals surface area contributed by atoms with Crippen LogP contribution in [0.15, 0.2) is 24.3 Å². The summed E-state index contributed by atoms with van der Waals surface area (Å²) in [4.78, 5) is 23.2. The standard InChI is InChI=1S/C17H23NO3/c1-2-17(10-4-3-5-11-17)16(21)18-14-8-6-13(7-9-14)12-15(19)20/h6-9H,2-5,10-12H2,1H3,(H,18,21)(H,19,20). The van der Waals surface area contributed by atoms with Crippen LogP contribution >= 0.6 is 0 Å². The molecule has 0 aromatic heterocycles. The summed E-state index contributed by atoms with van der Waals surface area (Å²) in [5.74, 6) is -0.741. The van der Waals surface area contributed by atoms with Gasteiger partial charge in [-0.1, -0.05) is 38.3 Å². The molecule has 1 saturated carbocycles. The number of benzene rings is 1. The summed E-state index contributed by atoms with van der Waals surface area (Å²) < 4.78 is 0. The van der Waals surface area contributed by atoms with E-state index in [1.54, 1.807) is 24.3 Å². The zero-order valence-electron chi connectivity index (χ0n) is 12.5. The quantitative estimate of drug-likeness (QED) is 0.870. The lowest BCUT2D eigenvalue weighted by Crippen LogP contribution is -2.37. The third kappa shape index (κ3) is 3.84. The SMILES string of the molecule is CCC1(C(=O)Nc2ccc(CC(=O)O)cc2)CCCCC1. The second-order valence-electron chi connectivity index (χ2n) is 5.92. The molecular formula is C17H23NO3. The van der Waals surface area contributed by atoms with E-state index >= 15 is 0 Å². The Balaban J connectivity index is 2.03. The van der Waals surface area contributed by atoms with E-state index in [1.165, 1.54) is 6.42 Å². The van der Waals surface area contributed by atoms with Gasteiger partial charge in [0.25, 0.3) is 0 Å². The summed E-state index contributed by atoms with van der Waals surface area (Å²) in [5.41, 5.74) is 1.26. The molecule has 1 amide bonds. The smallest absolute Gasteiger partial charge is 0.307 e. The van der Waals surface area contributed by atoms with Gasteiger partial charge in [0.15, 0.2) is 0 Å². The fraction of sp³-hybridized carbons (Fsp3) is 0.529. The molecule has 0 bridgehead atoms. The lowest BCUT2D eigenvalue weighted by atomic mass is 9.71. The van der Waals surface area contributed by atoms with E-state index in [0.717, 1.165) is 43.4 Å². The first-order chi connectivity index (χ1) is 10.1. The predicted octanol–water partition coefficient (Wildman–Crippen LogP) is 3.61. The molecule has 1 fully saturated rings. The third-order valence-corrected chi connectivity index (χ3v) is 4.54. The van der Waals surface area contributed by atoms with E-state index < -0.39 is 5.97 Å². The highest BCUT2D eigenvalue weighted by molar-refractivity contribution is 5.95. The Morgan fingerprint density at radius 1 is 1.14 bits per heavy atom. The largest absolute Gasteiger partial charge is 0.481 e. The van der Waals surface area contributed by atoms with Gasteiger partial charge in [0, 0.05) is 11.1 Å². The molecule has 0 radical (unpaired) electrons. The molecule has 2 N–H and O–H groups in total. The van der Waals surface area contributed by atoms with Gasteiger partial charge in [0.1, 0.15) is 0 Å². The Morgan fingerprint density at radius 2 is 1.76 bits per heavy atom. The molecule has 1 aromatic carbocycles. The second kappa shape index (κ2) is 6.74. The summed E-state index contributed by atoms with van der Waals surface area (Å²) in [7, 11) is 0. The molecule has 0 spiro atoms. The molecule has 21 heavy (non-hydrogen) atoms. The van der Waals surface area contributed by atoms with Crippen molar-refractivity contribution in [2.75, 3.05) is 5.32 Å². The van der Waals surface area contributed by atoms with Crippen LogP contribution in [0.3, 0.4) is 0 Å². The van der Waals surface area contributed by atoms with Gasteiger partial charge in [0.2, 0.25) is 5.91 Å². The lowest BCUT2D eigenvalue weighted by molar-refractivity contribution is -0.136. The molecule has 4 heteroatoms. The van der Waals surface area contributed by atoms with Crippen molar-refractivity contribution >= 4 is 17.6 Å². The molecule has 0 aliphatic heterocycles. The van der Waals surface area contributed by atoms with Crippen LogP contribution < -0.4 is 5.32 Å². The molecule has 2 rings (SSSR count). The monoisotopic (exact) mass is 289 g/mol. The summed E-state index contributed by atoms with van der Waals surface area (Å²) in [5, 5.41) is 11.7. The fourth-order valence-electron chi connectivity index (χ4n) is 3.11. The van der Waals surface area contributed by atoms with Crippen molar-refractivity contribution in [3.8, 4) is 0 Å². The number of carbonyl (C=O) groups excluding carboxylic acids is 1. The normalized spacial score (nSPS) is 17.2. The van der Waals surface area contributed by atoms with Gasteiger partial charge in [-0.15, -0.1) is 0 Å². The molecule has 0 atom stereocenters. The van der Waals surface area contributed by atoms with E-state index in [-0.39, 0.29) is 17.7 Å². The van der Waals surface area contributed by atoms with Crippen molar-refractivity contribution in [3.05, 3.63) is 29.8 Å². The molecule has 0 unspecified atom stereocenters. The van der Waals surface area contributed by atoms with Crippen molar-refractivity contribution in [2.24, 2.45) is 5.41 Å². The number of amides is 1. The van der Waals surface area contributed by atoms with E-state index in [1.807, 2.05) is 0 Å². The van der Waals surface area contributed by atoms with Crippen molar-refractivity contribution in [1.29, 1.82) is 0 Å². The lowest BCUT2D eigenvalue weighted by Gasteiger charge is -2.34. The molecule has 114 valence electrons. The van der Waals surface area contributed by atoms with E-state index in [9.17, 15) is 9.59 Å². The van der Waals surface area contributed by atoms with Crippen molar-refractivity contribution in [3.63, 3.8) is 0 Å². The van der Waals surface area contributed by atoms with Gasteiger partial charge in [-0.25, -0.2) is 0 Å². The number of rotatable bonds is 5. The Kier molecular flexibility index (Phi) is 4.99. The maximum absolute atomic E-state index is 12.6. The molecule has 1 aromatic rings. The molecule has 4 nitrogen and oxygen atoms in total. The van der Waals surface area contributed by atoms with E-state index in [2.05, 4.69) is 12.2 Å². The number of aliphatic carboxylic acids is 1. The Labute approximate surface area is 125 Å². The van der Waals surface area contributed by atoms with Gasteiger partial charge in [-0.3, -0.25) is 9.59 Å². The predicted molar refractivity (Wildman–Crippen MR) is 82.2 cm³/mol. The number of anilines is 1. The highest BCUT2D eigenvalue weighted by atomic mass is 16.4. The molecule has 1 aliphatic carbocycles. The minimum Gasteiger partial charge on any atom is -0.481 e. The van der Waals surface area contributed by atoms with Crippen molar-refractivity contribution < 1.29 is 14.7 Å². The van der Waals surface area contributed by atoms with Crippen LogP contribution in [0, 0.1) is 5.41 Å². The van der Waals surface area contributed by atoms with Gasteiger partial charge < -0.3 is 10.4 Å². The molecule has 0 saturated heterocycles. The maximum atomic E-state index is 12.6. The summed E-state index contributed by atoms with van der Waals surface area (Å²) in [6, 6.07) is 7.07. The zero-order valence-corrected chi connectivity index (χ0v) is 12.5. The molecule has 1 aliphatic rings. The highest BCUT2D eigenvalue weighted by Gasteiger charge is 2.37. The number of hydrogen-bond donors (Lipinski definition) is 2. The molecular weight excluding hydrogens is 266 g/mol. The first-order valence-corrected chi connectivity index (χ1v) is 7.68. The van der Waals surface area contributed by atoms with Crippen LogP contribution in [0.2, 0.25) is 0 Å². The van der Waals surface area contributed by atoms with Crippen LogP contribution in [0.1, 0.15) is 51.0 Å². The van der Waals surface area contributed by atoms with Crippen LogP contribution in [0.5, 0.6) is 0 Å². The van der Waals surface area contributed by atoms with E-state index in [4.69, 9.17) is 5.11 Å². The minimum atomic E-state index is -0.848. The molecule has 0 heterocycles. The van der Waals surface area contributed by atoms with E-state index in [0.29, 0.717) is 0 Å². The number of carboxylic acid groups (broad SMARTS) is 1. The first kappa shape index (κ1) is 15.5. The fourth-order valence-corrected chi connectivity index (χ4v) is 3.11. The summed E-state index contributed by atoms with van der Waals surface area (Å²) in [6.45, 7) is 2.08. The summed E-state index contributed by atoms with van der Waals surface area (Å²) in [6.07, 6.45) is 6.28. The number of nitrogens with one attached hydrogen (secondary N) is 1. The Hall–Kier alpha value is -1.84. The third-order valence-electron chi connectivity index (χ3n) is 4.54. The maximum Gasteiger partial charge on any atom is 0.307 e. The minimum absolute atomic E-state index is 0.00707. The van der Waals surface area contributed by atoms with Gasteiger partial charge in [-0.05, 0) is 37.0 Å². The average molecular weight is 289 g/mol. The van der Waals surface area contributed by atoms with Crippen molar-refractivity contribution in [1.82, 2.24) is 0 Å². The van der Waals surface area contributed by atoms with Crippen LogP contribution in [-0.4, -0.2) is 17.0 Å². The number of hydrogen-bond acceptors (Lipinski definition) is 2. The number of carboxylic acids is 1. The van der Waals surface area contributed by atoms with Gasteiger partial charge >= 0.3 is 5.97 Å². The van der Waals surface area contributed by atoms with Crippen molar-refractivity contribution in [2.45, 2.75) is 51.9 Å². The average Bonchev–Trinajstić information content (AvgIpc) is 2.49. The Bertz CT molecular complexity index is 501. The second-order valence-corrected chi connectivity index (χ2v) is 5.92. The van der Waals surface area contributed by atoms with Crippen LogP contribution in [-0.2, 0) is 16.0 Å². The highest BCUT2D eigenvalue weighted by Crippen LogP contribution is 2.40. The number of carbonyl (C=O) groups is 2. The topological polar surface area (TPSA) is 66.4 Å². The zero-order chi connectivity index (χ0) is 15.3. The van der Waals surface area contributed by atoms with Crippen LogP contribution in [0.25, 0.3) is 0 Å². The first-order valence-electron chi connectivity index (χ1n) is 7.68. The Morgan fingerprint density at radius 3 is 2.29 bits per heavy atom. The van der Waals surface area contributed by atoms with Gasteiger partial charge in [0.05, 0.1) is 6.42 Å². The van der Waals surface area contributed by atoms with Crippen LogP contribution in [0.4, 0.5) is 5.69 Å².